The van der Waals surface area contributed by atoms with E-state index in [0.29, 0.717) is 11.7 Å². The number of hydrogen-bond acceptors (Lipinski definition) is 5. The van der Waals surface area contributed by atoms with E-state index in [1.54, 1.807) is 12.3 Å². The van der Waals surface area contributed by atoms with E-state index in [2.05, 4.69) is 20.8 Å². The maximum atomic E-state index is 12.1. The van der Waals surface area contributed by atoms with Crippen LogP contribution in [0, 0.1) is 19.8 Å². The smallest absolute Gasteiger partial charge is 0.241 e. The van der Waals surface area contributed by atoms with Crippen LogP contribution in [0.15, 0.2) is 22.7 Å². The number of pyridine rings is 1. The molecule has 2 N–H and O–H groups in total. The molecule has 2 heterocycles. The molecule has 0 aliphatic heterocycles. The molecular weight excluding hydrogens is 292 g/mol. The summed E-state index contributed by atoms with van der Waals surface area (Å²) in [5, 5.41) is 0. The molecule has 0 radical (unpaired) electrons. The molecule has 3 rings (SSSR count). The molecule has 122 valence electrons. The lowest BCUT2D eigenvalue weighted by Gasteiger charge is -2.20. The first-order valence-electron chi connectivity index (χ1n) is 8.10. The van der Waals surface area contributed by atoms with Gasteiger partial charge in [-0.2, -0.15) is 0 Å². The van der Waals surface area contributed by atoms with Crippen molar-refractivity contribution < 1.29 is 9.21 Å². The van der Waals surface area contributed by atoms with Gasteiger partial charge in [0.05, 0.1) is 11.3 Å². The Bertz CT molecular complexity index is 653. The van der Waals surface area contributed by atoms with Crippen molar-refractivity contribution in [2.45, 2.75) is 46.0 Å². The first-order valence-corrected chi connectivity index (χ1v) is 8.10. The first kappa shape index (κ1) is 15.5. The Hall–Kier alpha value is -2.37. The van der Waals surface area contributed by atoms with Crippen molar-refractivity contribution in [3.8, 4) is 11.5 Å². The number of aryl methyl sites for hydroxylation is 2. The topological polar surface area (TPSA) is 80.0 Å². The van der Waals surface area contributed by atoms with Crippen molar-refractivity contribution in [1.29, 1.82) is 0 Å². The van der Waals surface area contributed by atoms with Crippen molar-refractivity contribution in [2.24, 2.45) is 5.92 Å². The molecule has 0 saturated heterocycles. The fourth-order valence-corrected chi connectivity index (χ4v) is 2.78. The van der Waals surface area contributed by atoms with Gasteiger partial charge in [0.1, 0.15) is 11.6 Å². The molecule has 23 heavy (non-hydrogen) atoms. The average molecular weight is 314 g/mol. The number of amides is 1. The van der Waals surface area contributed by atoms with Gasteiger partial charge in [-0.15, -0.1) is 0 Å². The lowest BCUT2D eigenvalue weighted by molar-refractivity contribution is -0.125. The molecule has 2 aromatic rings. The highest BCUT2D eigenvalue weighted by molar-refractivity contribution is 5.79. The first-order chi connectivity index (χ1) is 11.1. The van der Waals surface area contributed by atoms with Gasteiger partial charge in [0.15, 0.2) is 0 Å². The van der Waals surface area contributed by atoms with E-state index < -0.39 is 0 Å². The lowest BCUT2D eigenvalue weighted by atomic mass is 9.89. The summed E-state index contributed by atoms with van der Waals surface area (Å²) in [6.45, 7) is 3.79. The van der Waals surface area contributed by atoms with E-state index in [4.69, 9.17) is 4.42 Å². The van der Waals surface area contributed by atoms with Gasteiger partial charge in [-0.3, -0.25) is 15.6 Å². The fourth-order valence-electron chi connectivity index (χ4n) is 2.78. The summed E-state index contributed by atoms with van der Waals surface area (Å²) in [5.74, 6) is 2.13. The van der Waals surface area contributed by atoms with Crippen LogP contribution in [0.3, 0.4) is 0 Å². The van der Waals surface area contributed by atoms with Gasteiger partial charge in [0, 0.05) is 12.1 Å². The molecule has 0 unspecified atom stereocenters. The van der Waals surface area contributed by atoms with Crippen LogP contribution < -0.4 is 10.9 Å². The van der Waals surface area contributed by atoms with Gasteiger partial charge < -0.3 is 4.42 Å². The van der Waals surface area contributed by atoms with Crippen molar-refractivity contribution in [3.05, 3.63) is 29.8 Å². The van der Waals surface area contributed by atoms with Crippen molar-refractivity contribution in [1.82, 2.24) is 15.4 Å². The highest BCUT2D eigenvalue weighted by Crippen LogP contribution is 2.24. The molecule has 1 amide bonds. The molecule has 6 heteroatoms. The molecule has 1 aliphatic rings. The van der Waals surface area contributed by atoms with Crippen LogP contribution in [0.4, 0.5) is 5.82 Å². The number of carbonyl (C=O) groups excluding carboxylic acids is 1. The summed E-state index contributed by atoms with van der Waals surface area (Å²) in [6, 6.07) is 3.66. The van der Waals surface area contributed by atoms with Crippen LogP contribution in [0.25, 0.3) is 11.5 Å². The van der Waals surface area contributed by atoms with Crippen LogP contribution in [-0.2, 0) is 4.79 Å². The second-order valence-electron chi connectivity index (χ2n) is 6.04. The normalized spacial score (nSPS) is 15.4. The van der Waals surface area contributed by atoms with Crippen LogP contribution >= 0.6 is 0 Å². The minimum atomic E-state index is 0.0505. The van der Waals surface area contributed by atoms with Gasteiger partial charge in [0.2, 0.25) is 11.8 Å². The SMILES string of the molecule is Cc1nc(-c2ccc(NNC(=O)C3CCCCC3)nc2)oc1C. The standard InChI is InChI=1S/C17H22N4O2/c1-11-12(2)23-17(19-11)14-8-9-15(18-10-14)20-21-16(22)13-6-4-3-5-7-13/h8-10,13H,3-7H2,1-2H3,(H,18,20)(H,21,22). The minimum Gasteiger partial charge on any atom is -0.441 e. The van der Waals surface area contributed by atoms with Gasteiger partial charge in [-0.25, -0.2) is 9.97 Å². The van der Waals surface area contributed by atoms with Crippen molar-refractivity contribution >= 4 is 11.7 Å². The Kier molecular flexibility index (Phi) is 4.60. The average Bonchev–Trinajstić information content (AvgIpc) is 2.93. The van der Waals surface area contributed by atoms with E-state index in [9.17, 15) is 4.79 Å². The Morgan fingerprint density at radius 2 is 2.00 bits per heavy atom. The summed E-state index contributed by atoms with van der Waals surface area (Å²) in [6.07, 6.45) is 7.14. The van der Waals surface area contributed by atoms with E-state index in [0.717, 1.165) is 42.7 Å². The zero-order valence-corrected chi connectivity index (χ0v) is 13.6. The van der Waals surface area contributed by atoms with Gasteiger partial charge >= 0.3 is 0 Å². The van der Waals surface area contributed by atoms with Crippen LogP contribution in [0.1, 0.15) is 43.6 Å². The third-order valence-electron chi connectivity index (χ3n) is 4.33. The minimum absolute atomic E-state index is 0.0505. The number of rotatable bonds is 4. The molecule has 0 spiro atoms. The molecule has 0 aromatic carbocycles. The summed E-state index contributed by atoms with van der Waals surface area (Å²) in [7, 11) is 0. The third-order valence-corrected chi connectivity index (χ3v) is 4.33. The Labute approximate surface area is 135 Å². The zero-order chi connectivity index (χ0) is 16.2. The molecule has 0 bridgehead atoms. The zero-order valence-electron chi connectivity index (χ0n) is 13.6. The van der Waals surface area contributed by atoms with E-state index in [1.165, 1.54) is 6.42 Å². The number of nitrogens with one attached hydrogen (secondary N) is 2. The summed E-state index contributed by atoms with van der Waals surface area (Å²) < 4.78 is 5.58. The van der Waals surface area contributed by atoms with Crippen LogP contribution in [0.5, 0.6) is 0 Å². The number of oxazole rings is 1. The van der Waals surface area contributed by atoms with Crippen LogP contribution in [0.2, 0.25) is 0 Å². The van der Waals surface area contributed by atoms with E-state index in [1.807, 2.05) is 19.9 Å². The molecular formula is C17H22N4O2. The molecule has 0 atom stereocenters. The Morgan fingerprint density at radius 1 is 1.22 bits per heavy atom. The van der Waals surface area contributed by atoms with Gasteiger partial charge in [-0.05, 0) is 38.8 Å². The molecule has 6 nitrogen and oxygen atoms in total. The molecule has 1 saturated carbocycles. The Balaban J connectivity index is 1.58. The number of anilines is 1. The molecule has 1 fully saturated rings. The number of aromatic nitrogens is 2. The predicted octanol–water partition coefficient (Wildman–Crippen LogP) is 3.38. The van der Waals surface area contributed by atoms with Gasteiger partial charge in [0.25, 0.3) is 0 Å². The monoisotopic (exact) mass is 314 g/mol. The van der Waals surface area contributed by atoms with Gasteiger partial charge in [-0.1, -0.05) is 19.3 Å². The van der Waals surface area contributed by atoms with E-state index >= 15 is 0 Å². The molecule has 2 aromatic heterocycles. The van der Waals surface area contributed by atoms with Crippen molar-refractivity contribution in [3.63, 3.8) is 0 Å². The maximum absolute atomic E-state index is 12.1. The predicted molar refractivity (Wildman–Crippen MR) is 87.5 cm³/mol. The lowest BCUT2D eigenvalue weighted by Crippen LogP contribution is -2.36. The number of nitrogens with zero attached hydrogens (tertiary/aromatic N) is 2. The molecule has 1 aliphatic carbocycles. The summed E-state index contributed by atoms with van der Waals surface area (Å²) >= 11 is 0. The number of hydrogen-bond donors (Lipinski definition) is 2. The summed E-state index contributed by atoms with van der Waals surface area (Å²) in [5.41, 5.74) is 7.31. The second-order valence-corrected chi connectivity index (χ2v) is 6.04. The quantitative estimate of drug-likeness (QED) is 0.846. The second kappa shape index (κ2) is 6.81. The Morgan fingerprint density at radius 3 is 2.61 bits per heavy atom. The van der Waals surface area contributed by atoms with E-state index in [-0.39, 0.29) is 11.8 Å². The maximum Gasteiger partial charge on any atom is 0.241 e. The largest absolute Gasteiger partial charge is 0.441 e. The highest BCUT2D eigenvalue weighted by atomic mass is 16.4. The third kappa shape index (κ3) is 3.70. The summed E-state index contributed by atoms with van der Waals surface area (Å²) in [4.78, 5) is 20.7. The fraction of sp³-hybridized carbons (Fsp3) is 0.471. The van der Waals surface area contributed by atoms with Crippen molar-refractivity contribution in [2.75, 3.05) is 5.43 Å². The number of carbonyl (C=O) groups is 1. The highest BCUT2D eigenvalue weighted by Gasteiger charge is 2.20. The number of hydrazine groups is 1. The van der Waals surface area contributed by atoms with Crippen LogP contribution in [-0.4, -0.2) is 15.9 Å².